The molecule has 1 aromatic carbocycles. The first kappa shape index (κ1) is 12.2. The molecule has 0 fully saturated rings. The first-order valence-corrected chi connectivity index (χ1v) is 5.08. The SMILES string of the molecule is Cc1c(/C=C/C(=O)O)cccc1CCC=O. The van der Waals surface area contributed by atoms with Crippen LogP contribution in [0.2, 0.25) is 0 Å². The summed E-state index contributed by atoms with van der Waals surface area (Å²) in [6.45, 7) is 1.93. The molecule has 0 unspecified atom stereocenters. The Bertz CT molecular complexity index is 419. The number of carboxylic acids is 1. The molecule has 0 atom stereocenters. The van der Waals surface area contributed by atoms with Gasteiger partial charge in [-0.15, -0.1) is 0 Å². The Labute approximate surface area is 94.4 Å². The van der Waals surface area contributed by atoms with Gasteiger partial charge in [0, 0.05) is 12.5 Å². The molecule has 0 aromatic heterocycles. The molecule has 0 aliphatic heterocycles. The van der Waals surface area contributed by atoms with Crippen LogP contribution in [-0.2, 0) is 16.0 Å². The molecule has 0 amide bonds. The number of carboxylic acid groups (broad SMARTS) is 1. The fourth-order valence-corrected chi connectivity index (χ4v) is 1.53. The summed E-state index contributed by atoms with van der Waals surface area (Å²) >= 11 is 0. The minimum Gasteiger partial charge on any atom is -0.478 e. The molecule has 3 nitrogen and oxygen atoms in total. The Morgan fingerprint density at radius 2 is 2.19 bits per heavy atom. The Balaban J connectivity index is 2.94. The molecule has 0 spiro atoms. The fraction of sp³-hybridized carbons (Fsp3) is 0.231. The summed E-state index contributed by atoms with van der Waals surface area (Å²) < 4.78 is 0. The van der Waals surface area contributed by atoms with Gasteiger partial charge in [0.1, 0.15) is 6.29 Å². The van der Waals surface area contributed by atoms with E-state index in [1.54, 1.807) is 6.08 Å². The molecule has 0 heterocycles. The molecule has 0 saturated heterocycles. The number of rotatable bonds is 5. The van der Waals surface area contributed by atoms with E-state index in [4.69, 9.17) is 5.11 Å². The summed E-state index contributed by atoms with van der Waals surface area (Å²) in [5.74, 6) is -0.960. The van der Waals surface area contributed by atoms with Gasteiger partial charge in [0.25, 0.3) is 0 Å². The van der Waals surface area contributed by atoms with Gasteiger partial charge in [0.2, 0.25) is 0 Å². The molecule has 1 rings (SSSR count). The highest BCUT2D eigenvalue weighted by molar-refractivity contribution is 5.85. The van der Waals surface area contributed by atoms with E-state index >= 15 is 0 Å². The number of hydrogen-bond acceptors (Lipinski definition) is 2. The number of carbonyl (C=O) groups excluding carboxylic acids is 1. The molecule has 0 aliphatic rings. The average molecular weight is 218 g/mol. The van der Waals surface area contributed by atoms with Crippen molar-refractivity contribution in [3.8, 4) is 0 Å². The highest BCUT2D eigenvalue weighted by Gasteiger charge is 2.01. The van der Waals surface area contributed by atoms with Crippen LogP contribution >= 0.6 is 0 Å². The van der Waals surface area contributed by atoms with Crippen molar-refractivity contribution in [3.63, 3.8) is 0 Å². The molecule has 84 valence electrons. The zero-order valence-electron chi connectivity index (χ0n) is 9.14. The van der Waals surface area contributed by atoms with Crippen molar-refractivity contribution in [3.05, 3.63) is 41.0 Å². The van der Waals surface area contributed by atoms with Gasteiger partial charge in [-0.3, -0.25) is 0 Å². The second-order valence-electron chi connectivity index (χ2n) is 3.51. The van der Waals surface area contributed by atoms with E-state index < -0.39 is 5.97 Å². The molecule has 0 aliphatic carbocycles. The number of benzene rings is 1. The van der Waals surface area contributed by atoms with Crippen molar-refractivity contribution in [1.29, 1.82) is 0 Å². The predicted molar refractivity (Wildman–Crippen MR) is 62.2 cm³/mol. The lowest BCUT2D eigenvalue weighted by molar-refractivity contribution is -0.131. The quantitative estimate of drug-likeness (QED) is 0.609. The van der Waals surface area contributed by atoms with Crippen LogP contribution in [-0.4, -0.2) is 17.4 Å². The zero-order valence-corrected chi connectivity index (χ0v) is 9.14. The number of aldehydes is 1. The van der Waals surface area contributed by atoms with Gasteiger partial charge < -0.3 is 9.90 Å². The van der Waals surface area contributed by atoms with E-state index in [0.717, 1.165) is 29.1 Å². The summed E-state index contributed by atoms with van der Waals surface area (Å²) in [5.41, 5.74) is 2.99. The monoisotopic (exact) mass is 218 g/mol. The maximum absolute atomic E-state index is 10.4. The summed E-state index contributed by atoms with van der Waals surface area (Å²) in [4.78, 5) is 20.7. The Morgan fingerprint density at radius 1 is 1.44 bits per heavy atom. The average Bonchev–Trinajstić information content (AvgIpc) is 2.26. The van der Waals surface area contributed by atoms with Gasteiger partial charge in [0.15, 0.2) is 0 Å². The van der Waals surface area contributed by atoms with Crippen molar-refractivity contribution in [2.75, 3.05) is 0 Å². The molecular formula is C13H14O3. The third-order valence-corrected chi connectivity index (χ3v) is 2.42. The van der Waals surface area contributed by atoms with Crippen LogP contribution in [0.25, 0.3) is 6.08 Å². The van der Waals surface area contributed by atoms with Crippen molar-refractivity contribution < 1.29 is 14.7 Å². The second kappa shape index (κ2) is 5.85. The summed E-state index contributed by atoms with van der Waals surface area (Å²) in [7, 11) is 0. The van der Waals surface area contributed by atoms with Gasteiger partial charge in [-0.2, -0.15) is 0 Å². The van der Waals surface area contributed by atoms with E-state index in [2.05, 4.69) is 0 Å². The predicted octanol–water partition coefficient (Wildman–Crippen LogP) is 2.22. The van der Waals surface area contributed by atoms with Crippen molar-refractivity contribution >= 4 is 18.3 Å². The normalized spacial score (nSPS) is 10.6. The number of aliphatic carboxylic acids is 1. The molecule has 1 N–H and O–H groups in total. The number of aryl methyl sites for hydroxylation is 1. The summed E-state index contributed by atoms with van der Waals surface area (Å²) in [6.07, 6.45) is 4.77. The minimum atomic E-state index is -0.960. The van der Waals surface area contributed by atoms with Crippen LogP contribution in [0.5, 0.6) is 0 Å². The molecule has 3 heteroatoms. The largest absolute Gasteiger partial charge is 0.478 e. The van der Waals surface area contributed by atoms with Crippen LogP contribution in [0.4, 0.5) is 0 Å². The van der Waals surface area contributed by atoms with Gasteiger partial charge in [-0.25, -0.2) is 4.79 Å². The molecular weight excluding hydrogens is 204 g/mol. The fourth-order valence-electron chi connectivity index (χ4n) is 1.53. The smallest absolute Gasteiger partial charge is 0.328 e. The first-order valence-electron chi connectivity index (χ1n) is 5.08. The number of carbonyl (C=O) groups is 2. The van der Waals surface area contributed by atoms with Crippen LogP contribution in [0.1, 0.15) is 23.1 Å². The maximum Gasteiger partial charge on any atom is 0.328 e. The summed E-state index contributed by atoms with van der Waals surface area (Å²) in [6, 6.07) is 5.69. The van der Waals surface area contributed by atoms with E-state index in [9.17, 15) is 9.59 Å². The molecule has 0 bridgehead atoms. The van der Waals surface area contributed by atoms with Crippen LogP contribution < -0.4 is 0 Å². The second-order valence-corrected chi connectivity index (χ2v) is 3.51. The van der Waals surface area contributed by atoms with Crippen LogP contribution in [0.3, 0.4) is 0 Å². The van der Waals surface area contributed by atoms with E-state index in [-0.39, 0.29) is 0 Å². The minimum absolute atomic E-state index is 0.493. The van der Waals surface area contributed by atoms with Gasteiger partial charge in [0.05, 0.1) is 0 Å². The highest BCUT2D eigenvalue weighted by Crippen LogP contribution is 2.16. The Kier molecular flexibility index (Phi) is 4.45. The van der Waals surface area contributed by atoms with E-state index in [1.807, 2.05) is 25.1 Å². The lowest BCUT2D eigenvalue weighted by atomic mass is 9.99. The van der Waals surface area contributed by atoms with Gasteiger partial charge in [-0.05, 0) is 36.1 Å². The lowest BCUT2D eigenvalue weighted by Gasteiger charge is -2.06. The van der Waals surface area contributed by atoms with Crippen molar-refractivity contribution in [1.82, 2.24) is 0 Å². The summed E-state index contributed by atoms with van der Waals surface area (Å²) in [5, 5.41) is 8.54. The Hall–Kier alpha value is -1.90. The molecule has 16 heavy (non-hydrogen) atoms. The first-order chi connectivity index (χ1) is 7.65. The Morgan fingerprint density at radius 3 is 2.81 bits per heavy atom. The van der Waals surface area contributed by atoms with Crippen molar-refractivity contribution in [2.24, 2.45) is 0 Å². The van der Waals surface area contributed by atoms with E-state index in [0.29, 0.717) is 12.8 Å². The third-order valence-electron chi connectivity index (χ3n) is 2.42. The lowest BCUT2D eigenvalue weighted by Crippen LogP contribution is -1.93. The standard InChI is InChI=1S/C13H14O3/c1-10-11(6-3-9-14)4-2-5-12(10)7-8-13(15)16/h2,4-5,7-9H,3,6H2,1H3,(H,15,16)/b8-7+. The number of hydrogen-bond donors (Lipinski definition) is 1. The van der Waals surface area contributed by atoms with Gasteiger partial charge in [-0.1, -0.05) is 18.2 Å². The zero-order chi connectivity index (χ0) is 12.0. The topological polar surface area (TPSA) is 54.4 Å². The molecule has 0 radical (unpaired) electrons. The van der Waals surface area contributed by atoms with Crippen molar-refractivity contribution in [2.45, 2.75) is 19.8 Å². The van der Waals surface area contributed by atoms with Crippen LogP contribution in [0, 0.1) is 6.92 Å². The van der Waals surface area contributed by atoms with E-state index in [1.165, 1.54) is 0 Å². The maximum atomic E-state index is 10.4. The molecule has 0 saturated carbocycles. The van der Waals surface area contributed by atoms with Crippen LogP contribution in [0.15, 0.2) is 24.3 Å². The van der Waals surface area contributed by atoms with Gasteiger partial charge >= 0.3 is 5.97 Å². The highest BCUT2D eigenvalue weighted by atomic mass is 16.4. The third kappa shape index (κ3) is 3.35. The molecule has 1 aromatic rings.